The van der Waals surface area contributed by atoms with Crippen molar-refractivity contribution in [1.29, 1.82) is 5.41 Å². The molecule has 0 saturated heterocycles. The van der Waals surface area contributed by atoms with Crippen LogP contribution in [0.4, 0.5) is 0 Å². The second kappa shape index (κ2) is 9.43. The number of aliphatic imine (C=N–C) groups is 1. The Kier molecular flexibility index (Phi) is 6.58. The molecule has 4 rings (SSSR count). The first-order valence-electron chi connectivity index (χ1n) is 10.5. The summed E-state index contributed by atoms with van der Waals surface area (Å²) in [4.78, 5) is 16.7. The molecule has 0 aromatic heterocycles. The Balaban J connectivity index is 1.65. The largest absolute Gasteiger partial charge is 0.490 e. The molecule has 2 aliphatic heterocycles. The number of nitrogens with zero attached hydrogens (tertiary/aromatic N) is 3. The minimum atomic E-state index is -4.06. The molecule has 0 fully saturated rings. The van der Waals surface area contributed by atoms with E-state index in [1.807, 2.05) is 13.8 Å². The first kappa shape index (κ1) is 23.7. The molecule has 9 nitrogen and oxygen atoms in total. The summed E-state index contributed by atoms with van der Waals surface area (Å²) in [5.41, 5.74) is 0.575. The molecular weight excluding hydrogens is 476 g/mol. The fourth-order valence-electron chi connectivity index (χ4n) is 3.11. The number of hydrogen-bond acceptors (Lipinski definition) is 8. The highest BCUT2D eigenvalue weighted by molar-refractivity contribution is 8.27. The zero-order chi connectivity index (χ0) is 24.5. The Labute approximate surface area is 201 Å². The number of amides is 1. The summed E-state index contributed by atoms with van der Waals surface area (Å²) in [6, 6.07) is 12.4. The summed E-state index contributed by atoms with van der Waals surface area (Å²) in [7, 11) is -4.06. The molecule has 0 radical (unpaired) electrons. The average molecular weight is 499 g/mol. The smallest absolute Gasteiger partial charge is 0.339 e. The number of rotatable bonds is 7. The third-order valence-electron chi connectivity index (χ3n) is 4.77. The van der Waals surface area contributed by atoms with Crippen LogP contribution < -0.4 is 8.92 Å². The van der Waals surface area contributed by atoms with Gasteiger partial charge in [-0.15, -0.1) is 0 Å². The molecule has 2 aromatic rings. The summed E-state index contributed by atoms with van der Waals surface area (Å²) < 4.78 is 36.2. The minimum absolute atomic E-state index is 0.0142. The molecule has 0 atom stereocenters. The van der Waals surface area contributed by atoms with Gasteiger partial charge in [0.15, 0.2) is 17.3 Å². The molecular formula is C23H22N4O5S2. The average Bonchev–Trinajstić information content (AvgIpc) is 3.23. The van der Waals surface area contributed by atoms with E-state index in [1.165, 1.54) is 41.0 Å². The standard InChI is InChI=1S/C23H22N4O5S2/c1-4-31-19-13-15(10-11-18(19)32-34(29,30)16-8-6-5-7-9-16)12-17-20(24)27-23(25-21(17)28)33-22(26-27)14(2)3/h5-14,24H,4H2,1-3H3. The van der Waals surface area contributed by atoms with Gasteiger partial charge in [0, 0.05) is 5.92 Å². The number of hydrogen-bond donors (Lipinski definition) is 1. The fraction of sp³-hybridized carbons (Fsp3) is 0.217. The maximum atomic E-state index is 12.6. The highest BCUT2D eigenvalue weighted by atomic mass is 32.2. The summed E-state index contributed by atoms with van der Waals surface area (Å²) in [6.07, 6.45) is 1.50. The number of carbonyl (C=O) groups is 1. The van der Waals surface area contributed by atoms with Crippen molar-refractivity contribution in [2.24, 2.45) is 16.0 Å². The van der Waals surface area contributed by atoms with Crippen LogP contribution in [0.25, 0.3) is 6.08 Å². The predicted octanol–water partition coefficient (Wildman–Crippen LogP) is 4.13. The van der Waals surface area contributed by atoms with Crippen molar-refractivity contribution >= 4 is 49.9 Å². The number of thioether (sulfide) groups is 1. The molecule has 0 bridgehead atoms. The van der Waals surface area contributed by atoms with Crippen LogP contribution >= 0.6 is 11.8 Å². The second-order valence-corrected chi connectivity index (χ2v) is 10.1. The fourth-order valence-corrected chi connectivity index (χ4v) is 4.97. The number of carbonyl (C=O) groups excluding carboxylic acids is 1. The summed E-state index contributed by atoms with van der Waals surface area (Å²) in [5.74, 6) is -0.286. The highest BCUT2D eigenvalue weighted by Gasteiger charge is 2.36. The number of hydrazone groups is 1. The van der Waals surface area contributed by atoms with Crippen LogP contribution in [-0.4, -0.2) is 42.0 Å². The van der Waals surface area contributed by atoms with Crippen molar-refractivity contribution in [1.82, 2.24) is 5.01 Å². The van der Waals surface area contributed by atoms with Crippen LogP contribution in [0, 0.1) is 11.3 Å². The van der Waals surface area contributed by atoms with Crippen LogP contribution in [0.5, 0.6) is 11.5 Å². The molecule has 176 valence electrons. The number of nitrogens with one attached hydrogen (secondary N) is 1. The van der Waals surface area contributed by atoms with Gasteiger partial charge in [-0.1, -0.05) is 38.1 Å². The summed E-state index contributed by atoms with van der Waals surface area (Å²) in [6.45, 7) is 5.97. The van der Waals surface area contributed by atoms with Gasteiger partial charge in [-0.05, 0) is 54.6 Å². The van der Waals surface area contributed by atoms with E-state index in [1.54, 1.807) is 37.3 Å². The van der Waals surface area contributed by atoms with Gasteiger partial charge in [-0.2, -0.15) is 23.5 Å². The van der Waals surface area contributed by atoms with E-state index in [2.05, 4.69) is 10.1 Å². The number of amidine groups is 2. The molecule has 2 aliphatic rings. The van der Waals surface area contributed by atoms with Crippen molar-refractivity contribution in [3.63, 3.8) is 0 Å². The molecule has 0 spiro atoms. The lowest BCUT2D eigenvalue weighted by atomic mass is 10.1. The van der Waals surface area contributed by atoms with E-state index < -0.39 is 16.0 Å². The monoisotopic (exact) mass is 498 g/mol. The molecule has 0 saturated carbocycles. The highest BCUT2D eigenvalue weighted by Crippen LogP contribution is 2.34. The van der Waals surface area contributed by atoms with Crippen LogP contribution in [0.2, 0.25) is 0 Å². The van der Waals surface area contributed by atoms with Crippen molar-refractivity contribution in [2.75, 3.05) is 6.61 Å². The van der Waals surface area contributed by atoms with Crippen molar-refractivity contribution in [3.8, 4) is 11.5 Å². The number of fused-ring (bicyclic) bond motifs is 1. The Morgan fingerprint density at radius 1 is 1.15 bits per heavy atom. The Bertz CT molecular complexity index is 1350. The SMILES string of the molecule is CCOc1cc(C=C2C(=N)N3N=C(C(C)C)SC3=NC2=O)ccc1OS(=O)(=O)c1ccccc1. The second-order valence-electron chi connectivity index (χ2n) is 7.60. The zero-order valence-electron chi connectivity index (χ0n) is 18.7. The van der Waals surface area contributed by atoms with E-state index in [0.29, 0.717) is 10.7 Å². The lowest BCUT2D eigenvalue weighted by Gasteiger charge is -2.20. The molecule has 2 heterocycles. The number of benzene rings is 2. The lowest BCUT2D eigenvalue weighted by Crippen LogP contribution is -2.35. The molecule has 1 amide bonds. The van der Waals surface area contributed by atoms with Crippen LogP contribution in [0.1, 0.15) is 26.3 Å². The Morgan fingerprint density at radius 2 is 1.88 bits per heavy atom. The normalized spacial score (nSPS) is 17.1. The van der Waals surface area contributed by atoms with Gasteiger partial charge in [0.05, 0.1) is 12.2 Å². The van der Waals surface area contributed by atoms with Crippen LogP contribution in [-0.2, 0) is 14.9 Å². The van der Waals surface area contributed by atoms with Crippen molar-refractivity contribution in [3.05, 3.63) is 59.7 Å². The zero-order valence-corrected chi connectivity index (χ0v) is 20.3. The predicted molar refractivity (Wildman–Crippen MR) is 132 cm³/mol. The van der Waals surface area contributed by atoms with Gasteiger partial charge >= 0.3 is 10.1 Å². The van der Waals surface area contributed by atoms with E-state index in [0.717, 1.165) is 5.04 Å². The van der Waals surface area contributed by atoms with E-state index in [4.69, 9.17) is 14.3 Å². The Hall–Kier alpha value is -3.44. The summed E-state index contributed by atoms with van der Waals surface area (Å²) >= 11 is 1.28. The van der Waals surface area contributed by atoms with E-state index >= 15 is 0 Å². The first-order valence-corrected chi connectivity index (χ1v) is 12.7. The topological polar surface area (TPSA) is 121 Å². The third-order valence-corrected chi connectivity index (χ3v) is 7.23. The van der Waals surface area contributed by atoms with Gasteiger partial charge in [-0.25, -0.2) is 0 Å². The first-order chi connectivity index (χ1) is 16.2. The molecule has 0 unspecified atom stereocenters. The van der Waals surface area contributed by atoms with Gasteiger partial charge in [-0.3, -0.25) is 10.2 Å². The van der Waals surface area contributed by atoms with Crippen LogP contribution in [0.3, 0.4) is 0 Å². The van der Waals surface area contributed by atoms with Crippen LogP contribution in [0.15, 0.2) is 69.1 Å². The Morgan fingerprint density at radius 3 is 2.56 bits per heavy atom. The van der Waals surface area contributed by atoms with Crippen molar-refractivity contribution in [2.45, 2.75) is 25.7 Å². The molecule has 2 aromatic carbocycles. The minimum Gasteiger partial charge on any atom is -0.490 e. The molecule has 0 aliphatic carbocycles. The third kappa shape index (κ3) is 4.75. The van der Waals surface area contributed by atoms with Crippen molar-refractivity contribution < 1.29 is 22.1 Å². The van der Waals surface area contributed by atoms with E-state index in [-0.39, 0.29) is 40.3 Å². The van der Waals surface area contributed by atoms with Gasteiger partial charge in [0.2, 0.25) is 5.17 Å². The van der Waals surface area contributed by atoms with Gasteiger partial charge in [0.25, 0.3) is 5.91 Å². The quantitative estimate of drug-likeness (QED) is 0.450. The van der Waals surface area contributed by atoms with E-state index in [9.17, 15) is 13.2 Å². The summed E-state index contributed by atoms with van der Waals surface area (Å²) in [5, 5.41) is 15.4. The maximum absolute atomic E-state index is 12.6. The molecule has 34 heavy (non-hydrogen) atoms. The lowest BCUT2D eigenvalue weighted by molar-refractivity contribution is -0.114. The molecule has 11 heteroatoms. The maximum Gasteiger partial charge on any atom is 0.339 e. The van der Waals surface area contributed by atoms with Gasteiger partial charge < -0.3 is 8.92 Å². The number of ether oxygens (including phenoxy) is 1. The molecule has 1 N–H and O–H groups in total. The van der Waals surface area contributed by atoms with Gasteiger partial charge in [0.1, 0.15) is 9.94 Å².